The molecular formula is C12H18N6O2S2. The first-order valence-electron chi connectivity index (χ1n) is 7.12. The molecule has 120 valence electrons. The van der Waals surface area contributed by atoms with Gasteiger partial charge in [-0.15, -0.1) is 5.10 Å². The van der Waals surface area contributed by atoms with Gasteiger partial charge in [-0.2, -0.15) is 13.4 Å². The van der Waals surface area contributed by atoms with Gasteiger partial charge in [0.05, 0.1) is 0 Å². The fourth-order valence-electron chi connectivity index (χ4n) is 2.25. The van der Waals surface area contributed by atoms with Crippen LogP contribution in [-0.4, -0.2) is 38.4 Å². The van der Waals surface area contributed by atoms with Crippen molar-refractivity contribution in [1.82, 2.24) is 24.7 Å². The minimum Gasteiger partial charge on any atom is -0.333 e. The van der Waals surface area contributed by atoms with Crippen LogP contribution in [0, 0.1) is 0 Å². The van der Waals surface area contributed by atoms with Gasteiger partial charge in [0.1, 0.15) is 5.82 Å². The van der Waals surface area contributed by atoms with Gasteiger partial charge in [-0.25, -0.2) is 14.8 Å². The van der Waals surface area contributed by atoms with Crippen LogP contribution in [0.2, 0.25) is 0 Å². The second kappa shape index (κ2) is 5.92. The summed E-state index contributed by atoms with van der Waals surface area (Å²) in [5.41, 5.74) is 0. The summed E-state index contributed by atoms with van der Waals surface area (Å²) < 4.78 is 29.0. The van der Waals surface area contributed by atoms with Crippen LogP contribution in [0.25, 0.3) is 0 Å². The Morgan fingerprint density at radius 3 is 2.91 bits per heavy atom. The molecular weight excluding hydrogens is 324 g/mol. The number of aromatic amines is 1. The van der Waals surface area contributed by atoms with Crippen molar-refractivity contribution >= 4 is 27.7 Å². The normalized spacial score (nSPS) is 15.0. The molecule has 10 heteroatoms. The van der Waals surface area contributed by atoms with Gasteiger partial charge in [0.2, 0.25) is 11.1 Å². The van der Waals surface area contributed by atoms with Crippen LogP contribution in [0.5, 0.6) is 0 Å². The second-order valence-corrected chi connectivity index (χ2v) is 8.56. The number of aromatic nitrogens is 5. The van der Waals surface area contributed by atoms with Gasteiger partial charge in [-0.1, -0.05) is 25.6 Å². The number of fused-ring (bicyclic) bond motifs is 1. The van der Waals surface area contributed by atoms with Gasteiger partial charge < -0.3 is 4.57 Å². The van der Waals surface area contributed by atoms with E-state index in [9.17, 15) is 8.42 Å². The largest absolute Gasteiger partial charge is 0.333 e. The summed E-state index contributed by atoms with van der Waals surface area (Å²) in [6, 6.07) is 0. The Morgan fingerprint density at radius 1 is 1.36 bits per heavy atom. The molecule has 0 aliphatic carbocycles. The van der Waals surface area contributed by atoms with Crippen molar-refractivity contribution in [2.24, 2.45) is 0 Å². The van der Waals surface area contributed by atoms with Crippen LogP contribution in [0.1, 0.15) is 32.5 Å². The average molecular weight is 342 g/mol. The molecule has 2 aromatic heterocycles. The lowest BCUT2D eigenvalue weighted by Crippen LogP contribution is -2.14. The van der Waals surface area contributed by atoms with Gasteiger partial charge in [0.15, 0.2) is 5.03 Å². The van der Waals surface area contributed by atoms with Gasteiger partial charge in [-0.05, 0) is 12.8 Å². The molecule has 0 radical (unpaired) electrons. The van der Waals surface area contributed by atoms with E-state index in [0.717, 1.165) is 31.6 Å². The molecule has 0 spiro atoms. The maximum Gasteiger partial charge on any atom is 0.283 e. The Hall–Kier alpha value is -1.55. The first-order valence-corrected chi connectivity index (χ1v) is 9.48. The Bertz CT molecular complexity index is 741. The van der Waals surface area contributed by atoms with Gasteiger partial charge in [-0.3, -0.25) is 0 Å². The van der Waals surface area contributed by atoms with Crippen molar-refractivity contribution < 1.29 is 8.42 Å². The number of rotatable bonds is 5. The maximum atomic E-state index is 12.4. The number of nitrogens with zero attached hydrogens (tertiary/aromatic N) is 4. The number of imidazole rings is 1. The van der Waals surface area contributed by atoms with Crippen LogP contribution in [-0.2, 0) is 23.0 Å². The van der Waals surface area contributed by atoms with Crippen LogP contribution >= 0.6 is 11.8 Å². The van der Waals surface area contributed by atoms with E-state index in [4.69, 9.17) is 0 Å². The van der Waals surface area contributed by atoms with Gasteiger partial charge in [0, 0.05) is 24.4 Å². The summed E-state index contributed by atoms with van der Waals surface area (Å²) in [6.45, 7) is 4.84. The number of sulfonamides is 1. The quantitative estimate of drug-likeness (QED) is 0.800. The number of nitrogens with one attached hydrogen (secondary N) is 2. The summed E-state index contributed by atoms with van der Waals surface area (Å²) >= 11 is 1.46. The molecule has 0 saturated carbocycles. The van der Waals surface area contributed by atoms with Crippen LogP contribution in [0.4, 0.5) is 5.95 Å². The van der Waals surface area contributed by atoms with Crippen molar-refractivity contribution in [2.75, 3.05) is 4.72 Å². The molecule has 22 heavy (non-hydrogen) atoms. The topological polar surface area (TPSA) is 106 Å². The van der Waals surface area contributed by atoms with Crippen LogP contribution < -0.4 is 4.72 Å². The van der Waals surface area contributed by atoms with Crippen molar-refractivity contribution in [3.63, 3.8) is 0 Å². The predicted molar refractivity (Wildman–Crippen MR) is 83.3 cm³/mol. The lowest BCUT2D eigenvalue weighted by Gasteiger charge is -2.11. The Labute approximate surface area is 133 Å². The Kier molecular flexibility index (Phi) is 4.13. The van der Waals surface area contributed by atoms with E-state index < -0.39 is 10.0 Å². The Balaban J connectivity index is 1.78. The zero-order valence-electron chi connectivity index (χ0n) is 12.4. The lowest BCUT2D eigenvalue weighted by atomic mass is 10.2. The van der Waals surface area contributed by atoms with Crippen molar-refractivity contribution in [3.8, 4) is 0 Å². The highest BCUT2D eigenvalue weighted by molar-refractivity contribution is 7.99. The molecule has 0 fully saturated rings. The molecule has 3 rings (SSSR count). The van der Waals surface area contributed by atoms with E-state index in [1.807, 2.05) is 18.4 Å². The highest BCUT2D eigenvalue weighted by Gasteiger charge is 2.23. The molecule has 3 heterocycles. The second-order valence-electron chi connectivity index (χ2n) is 5.38. The summed E-state index contributed by atoms with van der Waals surface area (Å²) in [7, 11) is -3.75. The zero-order valence-corrected chi connectivity index (χ0v) is 14.0. The maximum absolute atomic E-state index is 12.4. The third kappa shape index (κ3) is 3.27. The van der Waals surface area contributed by atoms with Gasteiger partial charge in [0.25, 0.3) is 10.0 Å². The van der Waals surface area contributed by atoms with Crippen molar-refractivity contribution in [1.29, 1.82) is 0 Å². The lowest BCUT2D eigenvalue weighted by molar-refractivity contribution is 0.522. The van der Waals surface area contributed by atoms with E-state index in [2.05, 4.69) is 24.9 Å². The first kappa shape index (κ1) is 15.3. The number of thioether (sulfide) groups is 1. The summed E-state index contributed by atoms with van der Waals surface area (Å²) in [6.07, 6.45) is 4.49. The minimum absolute atomic E-state index is 0.0267. The SMILES string of the molecule is CC(C)Sc1n[nH]c(NS(=O)(=O)c2cn3c(n2)CCCC3)n1. The van der Waals surface area contributed by atoms with E-state index in [-0.39, 0.29) is 11.0 Å². The third-order valence-corrected chi connectivity index (χ3v) is 5.27. The van der Waals surface area contributed by atoms with E-state index in [1.165, 1.54) is 11.8 Å². The molecule has 0 amide bonds. The van der Waals surface area contributed by atoms with Crippen molar-refractivity contribution in [2.45, 2.75) is 55.1 Å². The monoisotopic (exact) mass is 342 g/mol. The minimum atomic E-state index is -3.75. The Morgan fingerprint density at radius 2 is 2.18 bits per heavy atom. The fourth-order valence-corrected chi connectivity index (χ4v) is 3.86. The van der Waals surface area contributed by atoms with Crippen molar-refractivity contribution in [3.05, 3.63) is 12.0 Å². The number of anilines is 1. The molecule has 2 N–H and O–H groups in total. The highest BCUT2D eigenvalue weighted by atomic mass is 32.2. The molecule has 0 atom stereocenters. The molecule has 1 aliphatic heterocycles. The molecule has 8 nitrogen and oxygen atoms in total. The smallest absolute Gasteiger partial charge is 0.283 e. The standard InChI is InChI=1S/C12H18N6O2S2/c1-8(2)21-12-14-11(15-16-12)17-22(19,20)10-7-18-6-4-3-5-9(18)13-10/h7-8H,3-6H2,1-2H3,(H2,14,15,16,17). The van der Waals surface area contributed by atoms with E-state index in [1.54, 1.807) is 6.20 Å². The summed E-state index contributed by atoms with van der Waals surface area (Å²) in [5.74, 6) is 0.925. The van der Waals surface area contributed by atoms with E-state index >= 15 is 0 Å². The molecule has 2 aromatic rings. The number of aryl methyl sites for hydroxylation is 2. The van der Waals surface area contributed by atoms with E-state index in [0.29, 0.717) is 10.4 Å². The molecule has 1 aliphatic rings. The highest BCUT2D eigenvalue weighted by Crippen LogP contribution is 2.21. The molecule has 0 unspecified atom stereocenters. The zero-order chi connectivity index (χ0) is 15.7. The third-order valence-electron chi connectivity index (χ3n) is 3.20. The summed E-state index contributed by atoms with van der Waals surface area (Å²) in [5, 5.41) is 7.42. The molecule has 0 aromatic carbocycles. The molecule has 0 saturated heterocycles. The number of hydrogen-bond acceptors (Lipinski definition) is 6. The fraction of sp³-hybridized carbons (Fsp3) is 0.583. The predicted octanol–water partition coefficient (Wildman–Crippen LogP) is 1.64. The molecule has 0 bridgehead atoms. The number of H-pyrrole nitrogens is 1. The first-order chi connectivity index (χ1) is 10.4. The summed E-state index contributed by atoms with van der Waals surface area (Å²) in [4.78, 5) is 8.33. The average Bonchev–Trinajstić information content (AvgIpc) is 3.04. The van der Waals surface area contributed by atoms with Crippen LogP contribution in [0.15, 0.2) is 16.4 Å². The van der Waals surface area contributed by atoms with Gasteiger partial charge >= 0.3 is 0 Å². The van der Waals surface area contributed by atoms with Crippen LogP contribution in [0.3, 0.4) is 0 Å². The number of hydrogen-bond donors (Lipinski definition) is 2.